The summed E-state index contributed by atoms with van der Waals surface area (Å²) in [5.74, 6) is 2.74. The second kappa shape index (κ2) is 14.3. The van der Waals surface area contributed by atoms with Crippen molar-refractivity contribution in [2.75, 3.05) is 4.90 Å². The van der Waals surface area contributed by atoms with Crippen LogP contribution >= 0.6 is 0 Å². The molecule has 3 nitrogen and oxygen atoms in total. The van der Waals surface area contributed by atoms with Crippen LogP contribution in [0.1, 0.15) is 22.3 Å². The van der Waals surface area contributed by atoms with Crippen LogP contribution in [0.4, 0.5) is 17.1 Å². The molecule has 3 aliphatic rings. The average molecular weight is 818 g/mol. The third-order valence-electron chi connectivity index (χ3n) is 13.3. The molecule has 0 saturated heterocycles. The fourth-order valence-electron chi connectivity index (χ4n) is 10.6. The van der Waals surface area contributed by atoms with Crippen LogP contribution in [-0.2, 0) is 5.41 Å². The third kappa shape index (κ3) is 5.41. The summed E-state index contributed by atoms with van der Waals surface area (Å²) in [4.78, 5) is 2.32. The molecule has 0 N–H and O–H groups in total. The Morgan fingerprint density at radius 3 is 1.39 bits per heavy atom. The van der Waals surface area contributed by atoms with Gasteiger partial charge in [0.15, 0.2) is 23.0 Å². The molecule has 300 valence electrons. The molecular formula is C61H39NO2. The molecule has 1 heterocycles. The minimum atomic E-state index is -0.486. The van der Waals surface area contributed by atoms with Crippen molar-refractivity contribution in [3.8, 4) is 78.6 Å². The highest BCUT2D eigenvalue weighted by Gasteiger charge is 2.53. The van der Waals surface area contributed by atoms with Crippen LogP contribution in [-0.4, -0.2) is 0 Å². The predicted octanol–water partition coefficient (Wildman–Crippen LogP) is 16.4. The number of para-hydroxylation sites is 1. The summed E-state index contributed by atoms with van der Waals surface area (Å²) in [6, 6.07) is 84.7. The van der Waals surface area contributed by atoms with Crippen molar-refractivity contribution < 1.29 is 9.47 Å². The lowest BCUT2D eigenvalue weighted by Crippen LogP contribution is -2.25. The van der Waals surface area contributed by atoms with Gasteiger partial charge in [0.2, 0.25) is 0 Å². The second-order valence-electron chi connectivity index (χ2n) is 16.8. The second-order valence-corrected chi connectivity index (χ2v) is 16.8. The SMILES string of the molecule is c1ccc(-c2cccc(N(c3cc(-c4ccccc4)cc(-c4ccccc4)c3)c3cccc4c3Oc3ccc5c(c3O4)-c3ccccc3C53c4ccccc4-c4ccccc43)c2)cc1. The molecule has 0 bridgehead atoms. The third-order valence-corrected chi connectivity index (χ3v) is 13.3. The Hall–Kier alpha value is -8.40. The minimum absolute atomic E-state index is 0.486. The lowest BCUT2D eigenvalue weighted by atomic mass is 9.70. The van der Waals surface area contributed by atoms with E-state index in [9.17, 15) is 0 Å². The molecule has 0 aromatic heterocycles. The van der Waals surface area contributed by atoms with Crippen molar-refractivity contribution in [1.82, 2.24) is 0 Å². The lowest BCUT2D eigenvalue weighted by Gasteiger charge is -2.32. The molecule has 13 rings (SSSR count). The van der Waals surface area contributed by atoms with E-state index in [2.05, 4.69) is 235 Å². The highest BCUT2D eigenvalue weighted by atomic mass is 16.6. The van der Waals surface area contributed by atoms with Crippen LogP contribution in [0.2, 0.25) is 0 Å². The number of hydrogen-bond donors (Lipinski definition) is 0. The van der Waals surface area contributed by atoms with Crippen molar-refractivity contribution in [3.05, 3.63) is 259 Å². The van der Waals surface area contributed by atoms with E-state index in [-0.39, 0.29) is 0 Å². The first-order valence-corrected chi connectivity index (χ1v) is 21.9. The lowest BCUT2D eigenvalue weighted by molar-refractivity contribution is 0.361. The molecule has 1 spiro atoms. The Labute approximate surface area is 372 Å². The molecule has 0 saturated carbocycles. The van der Waals surface area contributed by atoms with Crippen molar-refractivity contribution in [1.29, 1.82) is 0 Å². The van der Waals surface area contributed by atoms with Gasteiger partial charge in [-0.2, -0.15) is 0 Å². The fourth-order valence-corrected chi connectivity index (χ4v) is 10.6. The van der Waals surface area contributed by atoms with E-state index in [0.717, 1.165) is 67.3 Å². The maximum absolute atomic E-state index is 7.25. The Balaban J connectivity index is 1.01. The van der Waals surface area contributed by atoms with Gasteiger partial charge in [-0.1, -0.05) is 188 Å². The zero-order chi connectivity index (χ0) is 42.2. The topological polar surface area (TPSA) is 21.7 Å². The van der Waals surface area contributed by atoms with Crippen molar-refractivity contribution in [3.63, 3.8) is 0 Å². The zero-order valence-electron chi connectivity index (χ0n) is 34.8. The number of benzene rings is 10. The van der Waals surface area contributed by atoms with Crippen LogP contribution in [0.25, 0.3) is 55.6 Å². The summed E-state index contributed by atoms with van der Waals surface area (Å²) in [7, 11) is 0. The molecule has 10 aromatic rings. The smallest absolute Gasteiger partial charge is 0.194 e. The molecule has 0 radical (unpaired) electrons. The highest BCUT2D eigenvalue weighted by Crippen LogP contribution is 2.67. The van der Waals surface area contributed by atoms with E-state index in [0.29, 0.717) is 17.2 Å². The van der Waals surface area contributed by atoms with Crippen LogP contribution in [0.15, 0.2) is 237 Å². The molecule has 1 aliphatic heterocycles. The quantitative estimate of drug-likeness (QED) is 0.167. The van der Waals surface area contributed by atoms with E-state index in [1.807, 2.05) is 6.07 Å². The molecule has 0 unspecified atom stereocenters. The van der Waals surface area contributed by atoms with Gasteiger partial charge in [-0.05, 0) is 121 Å². The zero-order valence-corrected chi connectivity index (χ0v) is 34.8. The van der Waals surface area contributed by atoms with E-state index < -0.39 is 5.41 Å². The first-order valence-electron chi connectivity index (χ1n) is 21.9. The Morgan fingerprint density at radius 1 is 0.297 bits per heavy atom. The molecule has 10 aromatic carbocycles. The summed E-state index contributed by atoms with van der Waals surface area (Å²) < 4.78 is 14.5. The highest BCUT2D eigenvalue weighted by molar-refractivity contribution is 5.98. The fraction of sp³-hybridized carbons (Fsp3) is 0.0164. The summed E-state index contributed by atoms with van der Waals surface area (Å²) in [5, 5.41) is 0. The summed E-state index contributed by atoms with van der Waals surface area (Å²) >= 11 is 0. The summed E-state index contributed by atoms with van der Waals surface area (Å²) in [6.07, 6.45) is 0. The number of rotatable bonds is 6. The van der Waals surface area contributed by atoms with Crippen molar-refractivity contribution in [2.24, 2.45) is 0 Å². The van der Waals surface area contributed by atoms with Gasteiger partial charge in [-0.3, -0.25) is 0 Å². The normalized spacial score (nSPS) is 13.1. The van der Waals surface area contributed by atoms with E-state index in [1.165, 1.54) is 33.4 Å². The van der Waals surface area contributed by atoms with Crippen molar-refractivity contribution >= 4 is 17.1 Å². The van der Waals surface area contributed by atoms with Crippen LogP contribution in [0, 0.1) is 0 Å². The molecular weight excluding hydrogens is 779 g/mol. The standard InChI is InChI=1S/C61H39NO2/c1-4-18-40(19-5-1)43-24-16-25-46(37-43)62(47-38-44(41-20-6-2-7-21-41)36-45(39-47)42-22-8-3-9-23-42)55-32-17-33-56-59(55)63-57-35-34-54-58(60(57)64-56)50-28-12-15-31-53(50)61(54)51-29-13-10-26-48(51)49-27-11-14-30-52(49)61/h1-39H. The number of anilines is 3. The van der Waals surface area contributed by atoms with E-state index >= 15 is 0 Å². The predicted molar refractivity (Wildman–Crippen MR) is 260 cm³/mol. The van der Waals surface area contributed by atoms with E-state index in [1.54, 1.807) is 0 Å². The average Bonchev–Trinajstić information content (AvgIpc) is 3.84. The van der Waals surface area contributed by atoms with Gasteiger partial charge in [0.25, 0.3) is 0 Å². The number of nitrogens with zero attached hydrogens (tertiary/aromatic N) is 1. The summed E-state index contributed by atoms with van der Waals surface area (Å²) in [6.45, 7) is 0. The van der Waals surface area contributed by atoms with Gasteiger partial charge < -0.3 is 14.4 Å². The Morgan fingerprint density at radius 2 is 0.766 bits per heavy atom. The number of ether oxygens (including phenoxy) is 2. The monoisotopic (exact) mass is 817 g/mol. The molecule has 3 heteroatoms. The maximum Gasteiger partial charge on any atom is 0.194 e. The number of fused-ring (bicyclic) bond motifs is 13. The van der Waals surface area contributed by atoms with Crippen LogP contribution in [0.3, 0.4) is 0 Å². The molecule has 0 amide bonds. The molecule has 0 atom stereocenters. The summed E-state index contributed by atoms with van der Waals surface area (Å²) in [5.41, 5.74) is 19.0. The largest absolute Gasteiger partial charge is 0.449 e. The van der Waals surface area contributed by atoms with Gasteiger partial charge >= 0.3 is 0 Å². The molecule has 0 fully saturated rings. The van der Waals surface area contributed by atoms with Gasteiger partial charge in [0.05, 0.1) is 11.1 Å². The minimum Gasteiger partial charge on any atom is -0.449 e. The molecule has 64 heavy (non-hydrogen) atoms. The number of hydrogen-bond acceptors (Lipinski definition) is 3. The van der Waals surface area contributed by atoms with Gasteiger partial charge in [-0.15, -0.1) is 0 Å². The first-order chi connectivity index (χ1) is 31.7. The Bertz CT molecular complexity index is 3350. The van der Waals surface area contributed by atoms with Crippen LogP contribution < -0.4 is 14.4 Å². The van der Waals surface area contributed by atoms with E-state index in [4.69, 9.17) is 9.47 Å². The molecule has 2 aliphatic carbocycles. The maximum atomic E-state index is 7.25. The van der Waals surface area contributed by atoms with Crippen molar-refractivity contribution in [2.45, 2.75) is 5.41 Å². The van der Waals surface area contributed by atoms with Gasteiger partial charge in [-0.25, -0.2) is 0 Å². The first kappa shape index (κ1) is 36.3. The van der Waals surface area contributed by atoms with Gasteiger partial charge in [0.1, 0.15) is 0 Å². The Kier molecular flexibility index (Phi) is 8.13. The van der Waals surface area contributed by atoms with Gasteiger partial charge in [0, 0.05) is 16.9 Å². The van der Waals surface area contributed by atoms with Crippen LogP contribution in [0.5, 0.6) is 23.0 Å².